The molecule has 0 radical (unpaired) electrons. The van der Waals surface area contributed by atoms with Gasteiger partial charge < -0.3 is 24.8 Å². The summed E-state index contributed by atoms with van der Waals surface area (Å²) in [5.74, 6) is 0.260. The Kier molecular flexibility index (Phi) is 9.51. The summed E-state index contributed by atoms with van der Waals surface area (Å²) in [7, 11) is 0. The molecule has 42 heavy (non-hydrogen) atoms. The van der Waals surface area contributed by atoms with Crippen molar-refractivity contribution in [3.63, 3.8) is 0 Å². The fraction of sp³-hybridized carbons (Fsp3) is 0.211. The Balaban J connectivity index is 0.00000176. The zero-order valence-electron chi connectivity index (χ0n) is 24.7. The molecule has 0 aromatic heterocycles. The summed E-state index contributed by atoms with van der Waals surface area (Å²) in [6.07, 6.45) is 3.74. The molecule has 0 spiro atoms. The van der Waals surface area contributed by atoms with Crippen LogP contribution < -0.4 is 24.8 Å². The molecule has 0 fully saturated rings. The van der Waals surface area contributed by atoms with Gasteiger partial charge in [0, 0.05) is 0 Å². The Bertz CT molecular complexity index is 1790. The largest absolute Gasteiger partial charge is 1.00 e. The minimum absolute atomic E-state index is 0. The molecular formula is C38H36Cl2SiZr. The van der Waals surface area contributed by atoms with Gasteiger partial charge in [0.15, 0.2) is 0 Å². The second-order valence-corrected chi connectivity index (χ2v) is 26.9. The first-order chi connectivity index (χ1) is 19.5. The van der Waals surface area contributed by atoms with Crippen molar-refractivity contribution in [3.05, 3.63) is 137 Å². The normalized spacial score (nSPS) is 16.9. The smallest absolute Gasteiger partial charge is 1.00 e. The van der Waals surface area contributed by atoms with E-state index in [-0.39, 0.29) is 24.8 Å². The molecule has 2 aliphatic rings. The topological polar surface area (TPSA) is 0 Å². The number of hydrogen-bond acceptors (Lipinski definition) is 0. The van der Waals surface area contributed by atoms with Gasteiger partial charge in [-0.05, 0) is 0 Å². The summed E-state index contributed by atoms with van der Waals surface area (Å²) in [5, 5.41) is 2.61. The molecule has 0 N–H and O–H groups in total. The maximum absolute atomic E-state index is 2.58. The Morgan fingerprint density at radius 2 is 1.33 bits per heavy atom. The third-order valence-corrected chi connectivity index (χ3v) is 19.0. The Hall–Kier alpha value is -2.22. The molecule has 0 heterocycles. The maximum Gasteiger partial charge on any atom is -1.00 e. The molecule has 0 aliphatic heterocycles. The van der Waals surface area contributed by atoms with Crippen molar-refractivity contribution < 1.29 is 47.2 Å². The quantitative estimate of drug-likeness (QED) is 0.236. The monoisotopic (exact) mass is 680 g/mol. The summed E-state index contributed by atoms with van der Waals surface area (Å²) < 4.78 is 0.684. The van der Waals surface area contributed by atoms with Crippen molar-refractivity contribution in [1.82, 2.24) is 0 Å². The first-order valence-electron chi connectivity index (χ1n) is 14.9. The van der Waals surface area contributed by atoms with Crippen LogP contribution in [0.4, 0.5) is 0 Å². The van der Waals surface area contributed by atoms with Crippen LogP contribution in [0.2, 0.25) is 13.1 Å². The molecule has 7 rings (SSSR count). The van der Waals surface area contributed by atoms with Gasteiger partial charge in [-0.25, -0.2) is 0 Å². The van der Waals surface area contributed by atoms with Gasteiger partial charge in [0.1, 0.15) is 0 Å². The second-order valence-electron chi connectivity index (χ2n) is 11.9. The molecule has 3 unspecified atom stereocenters. The van der Waals surface area contributed by atoms with Crippen LogP contribution >= 0.6 is 0 Å². The van der Waals surface area contributed by atoms with Crippen LogP contribution in [0.1, 0.15) is 57.6 Å². The number of rotatable bonds is 6. The number of fused-ring (bicyclic) bond motifs is 5. The predicted octanol–water partition coefficient (Wildman–Crippen LogP) is 4.23. The Morgan fingerprint density at radius 1 is 0.690 bits per heavy atom. The molecule has 210 valence electrons. The van der Waals surface area contributed by atoms with E-state index in [1.165, 1.54) is 44.2 Å². The first kappa shape index (κ1) is 31.2. The minimum atomic E-state index is -0.619. The zero-order chi connectivity index (χ0) is 27.4. The average Bonchev–Trinajstić information content (AvgIpc) is 3.53. The van der Waals surface area contributed by atoms with E-state index in [4.69, 9.17) is 0 Å². The average molecular weight is 683 g/mol. The van der Waals surface area contributed by atoms with Gasteiger partial charge in [-0.2, -0.15) is 0 Å². The zero-order valence-corrected chi connectivity index (χ0v) is 29.8. The van der Waals surface area contributed by atoms with Crippen LogP contribution in [0.15, 0.2) is 109 Å². The third-order valence-electron chi connectivity index (χ3n) is 9.14. The summed E-state index contributed by atoms with van der Waals surface area (Å²) >= 11 is -0.553. The van der Waals surface area contributed by atoms with Crippen LogP contribution in [-0.2, 0) is 22.4 Å². The SMILES string of the molecule is CCC(C)C1=Cc2c(-c3ccc4ccccc4c3)cccc2C1c1cccc2c1[CH]([Zr+2][SiH](C)C)c1ccccc1-2.[Cl-].[Cl-]. The van der Waals surface area contributed by atoms with Gasteiger partial charge in [-0.1, -0.05) is 6.07 Å². The molecule has 5 aromatic carbocycles. The van der Waals surface area contributed by atoms with Gasteiger partial charge in [-0.3, -0.25) is 0 Å². The van der Waals surface area contributed by atoms with E-state index in [2.05, 4.69) is 136 Å². The van der Waals surface area contributed by atoms with Crippen LogP contribution in [-0.4, -0.2) is 5.92 Å². The number of allylic oxidation sites excluding steroid dienone is 1. The second kappa shape index (κ2) is 12.8. The molecule has 0 saturated heterocycles. The van der Waals surface area contributed by atoms with E-state index >= 15 is 0 Å². The summed E-state index contributed by atoms with van der Waals surface area (Å²) in [5.41, 5.74) is 15.1. The molecule has 3 atom stereocenters. The number of hydrogen-bond donors (Lipinski definition) is 0. The number of halogens is 2. The molecule has 2 aliphatic carbocycles. The van der Waals surface area contributed by atoms with Crippen LogP contribution in [0.3, 0.4) is 0 Å². The third kappa shape index (κ3) is 5.24. The van der Waals surface area contributed by atoms with Crippen molar-refractivity contribution in [3.8, 4) is 22.3 Å². The molecular weight excluding hydrogens is 647 g/mol. The summed E-state index contributed by atoms with van der Waals surface area (Å²) in [6, 6.07) is 39.3. The molecule has 0 bridgehead atoms. The number of benzene rings is 5. The van der Waals surface area contributed by atoms with Crippen molar-refractivity contribution in [1.29, 1.82) is 0 Å². The van der Waals surface area contributed by atoms with Crippen molar-refractivity contribution in [2.75, 3.05) is 0 Å². The summed E-state index contributed by atoms with van der Waals surface area (Å²) in [6.45, 7) is 9.96. The van der Waals surface area contributed by atoms with Crippen molar-refractivity contribution in [2.24, 2.45) is 5.92 Å². The van der Waals surface area contributed by atoms with Gasteiger partial charge in [0.2, 0.25) is 0 Å². The van der Waals surface area contributed by atoms with Gasteiger partial charge in [-0.15, -0.1) is 0 Å². The first-order valence-corrected chi connectivity index (χ1v) is 23.4. The fourth-order valence-corrected chi connectivity index (χ4v) is 17.0. The van der Waals surface area contributed by atoms with Crippen molar-refractivity contribution >= 4 is 22.8 Å². The summed E-state index contributed by atoms with van der Waals surface area (Å²) in [4.78, 5) is 0. The van der Waals surface area contributed by atoms with Crippen molar-refractivity contribution in [2.45, 2.75) is 42.9 Å². The van der Waals surface area contributed by atoms with E-state index in [1.807, 2.05) is 0 Å². The molecule has 4 heteroatoms. The van der Waals surface area contributed by atoms with E-state index < -0.39 is 28.3 Å². The molecule has 0 saturated carbocycles. The minimum Gasteiger partial charge on any atom is -1.00 e. The van der Waals surface area contributed by atoms with E-state index in [0.717, 1.165) is 6.42 Å². The van der Waals surface area contributed by atoms with Crippen LogP contribution in [0.25, 0.3) is 39.1 Å². The molecule has 5 aromatic rings. The van der Waals surface area contributed by atoms with E-state index in [1.54, 1.807) is 22.3 Å². The standard InChI is InChI=1S/C36H29.C2H7Si.2ClH.Zr/c1-3-23(2)33-22-35-29(27-19-18-24-10-4-5-11-25(24)20-27)14-8-16-32(35)36(33)31-17-9-15-30-28-13-7-6-12-26(28)21-34(30)31;1-3-2;;;/h4-23,36H,3H2,1-2H3;3H,1-2H3;2*1H;/q;;;;+2/p-2. The van der Waals surface area contributed by atoms with Gasteiger partial charge in [0.05, 0.1) is 0 Å². The van der Waals surface area contributed by atoms with Crippen LogP contribution in [0.5, 0.6) is 0 Å². The molecule has 0 nitrogen and oxygen atoms in total. The maximum atomic E-state index is 2.58. The van der Waals surface area contributed by atoms with Gasteiger partial charge >= 0.3 is 247 Å². The van der Waals surface area contributed by atoms with E-state index in [9.17, 15) is 0 Å². The van der Waals surface area contributed by atoms with Gasteiger partial charge in [0.25, 0.3) is 0 Å². The Morgan fingerprint density at radius 3 is 2.10 bits per heavy atom. The van der Waals surface area contributed by atoms with Crippen LogP contribution in [0, 0.1) is 5.92 Å². The molecule has 0 amide bonds. The fourth-order valence-electron chi connectivity index (χ4n) is 7.09. The van der Waals surface area contributed by atoms with E-state index in [0.29, 0.717) is 15.5 Å². The predicted molar refractivity (Wildman–Crippen MR) is 171 cm³/mol. The Labute approximate surface area is 275 Å².